The van der Waals surface area contributed by atoms with Crippen LogP contribution < -0.4 is 5.32 Å². The number of nitrogens with one attached hydrogen (secondary N) is 1. The van der Waals surface area contributed by atoms with Crippen molar-refractivity contribution in [1.29, 1.82) is 0 Å². The van der Waals surface area contributed by atoms with E-state index in [-0.39, 0.29) is 5.97 Å². The lowest BCUT2D eigenvalue weighted by Gasteiger charge is -2.03. The average Bonchev–Trinajstić information content (AvgIpc) is 2.66. The lowest BCUT2D eigenvalue weighted by Crippen LogP contribution is -2.11. The molecule has 5 nitrogen and oxygen atoms in total. The van der Waals surface area contributed by atoms with Gasteiger partial charge in [0.1, 0.15) is 0 Å². The number of ether oxygens (including phenoxy) is 1. The van der Waals surface area contributed by atoms with Crippen LogP contribution in [0.1, 0.15) is 13.3 Å². The first-order chi connectivity index (χ1) is 9.11. The molecule has 0 unspecified atom stereocenters. The number of rotatable bonds is 5. The van der Waals surface area contributed by atoms with E-state index in [1.807, 2.05) is 29.9 Å². The Kier molecular flexibility index (Phi) is 4.42. The van der Waals surface area contributed by atoms with Gasteiger partial charge in [0.15, 0.2) is 5.82 Å². The van der Waals surface area contributed by atoms with Crippen LogP contribution in [-0.4, -0.2) is 28.9 Å². The topological polar surface area (TPSA) is 56.1 Å². The number of aryl methyl sites for hydroxylation is 1. The highest BCUT2D eigenvalue weighted by Gasteiger charge is 2.09. The third-order valence-corrected chi connectivity index (χ3v) is 3.23. The molecule has 0 aliphatic carbocycles. The number of aromatic nitrogens is 2. The number of carbonyl (C=O) groups is 1. The van der Waals surface area contributed by atoms with Crippen LogP contribution in [-0.2, 0) is 16.6 Å². The van der Waals surface area contributed by atoms with Gasteiger partial charge in [0.2, 0.25) is 0 Å². The molecule has 0 aliphatic rings. The maximum absolute atomic E-state index is 11.3. The zero-order chi connectivity index (χ0) is 13.8. The number of benzene rings is 1. The lowest BCUT2D eigenvalue weighted by molar-refractivity contribution is -0.142. The Balaban J connectivity index is 2.07. The fourth-order valence-electron chi connectivity index (χ4n) is 1.88. The molecule has 2 rings (SSSR count). The molecular weight excluding hydrogens is 310 g/mol. The Bertz CT molecular complexity index is 595. The van der Waals surface area contributed by atoms with E-state index < -0.39 is 0 Å². The fourth-order valence-corrected chi connectivity index (χ4v) is 2.23. The predicted octanol–water partition coefficient (Wildman–Crippen LogP) is 2.70. The number of fused-ring (bicyclic) bond motifs is 1. The van der Waals surface area contributed by atoms with Gasteiger partial charge in [-0.1, -0.05) is 15.9 Å². The van der Waals surface area contributed by atoms with Crippen LogP contribution in [0.25, 0.3) is 10.9 Å². The first kappa shape index (κ1) is 13.9. The quantitative estimate of drug-likeness (QED) is 0.859. The molecule has 1 aromatic heterocycles. The minimum Gasteiger partial charge on any atom is -0.466 e. The summed E-state index contributed by atoms with van der Waals surface area (Å²) in [5, 5.41) is 8.61. The van der Waals surface area contributed by atoms with Crippen LogP contribution in [0.5, 0.6) is 0 Å². The van der Waals surface area contributed by atoms with E-state index in [1.54, 1.807) is 6.92 Å². The van der Waals surface area contributed by atoms with Crippen LogP contribution in [0.15, 0.2) is 22.7 Å². The van der Waals surface area contributed by atoms with Crippen molar-refractivity contribution in [1.82, 2.24) is 9.78 Å². The standard InChI is InChI=1S/C13H16BrN3O2/c1-3-19-12(18)6-7-15-13-10-5-4-9(14)8-11(10)17(2)16-13/h4-5,8H,3,6-7H2,1-2H3,(H,15,16). The summed E-state index contributed by atoms with van der Waals surface area (Å²) in [5.74, 6) is 0.590. The van der Waals surface area contributed by atoms with Crippen molar-refractivity contribution in [3.8, 4) is 0 Å². The minimum atomic E-state index is -0.196. The van der Waals surface area contributed by atoms with E-state index in [1.165, 1.54) is 0 Å². The van der Waals surface area contributed by atoms with Crippen molar-refractivity contribution < 1.29 is 9.53 Å². The van der Waals surface area contributed by atoms with Crippen LogP contribution in [0, 0.1) is 0 Å². The number of hydrogen-bond donors (Lipinski definition) is 1. The summed E-state index contributed by atoms with van der Waals surface area (Å²) < 4.78 is 7.70. The zero-order valence-electron chi connectivity index (χ0n) is 10.9. The highest BCUT2D eigenvalue weighted by Crippen LogP contribution is 2.25. The molecule has 0 amide bonds. The number of nitrogens with zero attached hydrogens (tertiary/aromatic N) is 2. The number of hydrogen-bond acceptors (Lipinski definition) is 4. The summed E-state index contributed by atoms with van der Waals surface area (Å²) in [4.78, 5) is 11.3. The highest BCUT2D eigenvalue weighted by molar-refractivity contribution is 9.10. The van der Waals surface area contributed by atoms with E-state index in [2.05, 4.69) is 26.3 Å². The third kappa shape index (κ3) is 3.26. The van der Waals surface area contributed by atoms with Crippen molar-refractivity contribution in [2.45, 2.75) is 13.3 Å². The van der Waals surface area contributed by atoms with E-state index in [4.69, 9.17) is 4.74 Å². The molecule has 19 heavy (non-hydrogen) atoms. The third-order valence-electron chi connectivity index (χ3n) is 2.74. The number of carbonyl (C=O) groups excluding carboxylic acids is 1. The van der Waals surface area contributed by atoms with Gasteiger partial charge in [0.25, 0.3) is 0 Å². The fraction of sp³-hybridized carbons (Fsp3) is 0.385. The molecule has 6 heteroatoms. The highest BCUT2D eigenvalue weighted by atomic mass is 79.9. The monoisotopic (exact) mass is 325 g/mol. The lowest BCUT2D eigenvalue weighted by atomic mass is 10.2. The summed E-state index contributed by atoms with van der Waals surface area (Å²) in [7, 11) is 1.89. The van der Waals surface area contributed by atoms with Gasteiger partial charge in [-0.15, -0.1) is 0 Å². The summed E-state index contributed by atoms with van der Waals surface area (Å²) in [6, 6.07) is 5.98. The van der Waals surface area contributed by atoms with Gasteiger partial charge in [0.05, 0.1) is 18.5 Å². The van der Waals surface area contributed by atoms with Gasteiger partial charge < -0.3 is 10.1 Å². The summed E-state index contributed by atoms with van der Waals surface area (Å²) in [6.07, 6.45) is 0.336. The summed E-state index contributed by atoms with van der Waals surface area (Å²) in [6.45, 7) is 2.73. The second kappa shape index (κ2) is 6.06. The molecule has 0 saturated heterocycles. The Hall–Kier alpha value is -1.56. The molecule has 0 saturated carbocycles. The van der Waals surface area contributed by atoms with Gasteiger partial charge in [-0.2, -0.15) is 5.10 Å². The van der Waals surface area contributed by atoms with Crippen molar-refractivity contribution >= 4 is 38.6 Å². The SMILES string of the molecule is CCOC(=O)CCNc1nn(C)c2cc(Br)ccc12. The average molecular weight is 326 g/mol. The van der Waals surface area contributed by atoms with Crippen LogP contribution in [0.3, 0.4) is 0 Å². The molecule has 0 radical (unpaired) electrons. The Labute approximate surface area is 120 Å². The molecule has 1 aromatic carbocycles. The van der Waals surface area contributed by atoms with Crippen LogP contribution >= 0.6 is 15.9 Å². The Morgan fingerprint density at radius 3 is 3.05 bits per heavy atom. The van der Waals surface area contributed by atoms with Crippen molar-refractivity contribution in [2.24, 2.45) is 7.05 Å². The molecule has 1 N–H and O–H groups in total. The molecule has 0 bridgehead atoms. The molecule has 1 heterocycles. The molecule has 0 fully saturated rings. The maximum Gasteiger partial charge on any atom is 0.307 e. The minimum absolute atomic E-state index is 0.196. The normalized spacial score (nSPS) is 10.7. The summed E-state index contributed by atoms with van der Waals surface area (Å²) >= 11 is 3.44. The van der Waals surface area contributed by atoms with E-state index in [9.17, 15) is 4.79 Å². The smallest absolute Gasteiger partial charge is 0.307 e. The van der Waals surface area contributed by atoms with Gasteiger partial charge in [-0.3, -0.25) is 9.48 Å². The van der Waals surface area contributed by atoms with Crippen molar-refractivity contribution in [3.05, 3.63) is 22.7 Å². The van der Waals surface area contributed by atoms with Gasteiger partial charge >= 0.3 is 5.97 Å². The predicted molar refractivity (Wildman–Crippen MR) is 78.2 cm³/mol. The first-order valence-corrected chi connectivity index (χ1v) is 6.93. The van der Waals surface area contributed by atoms with Crippen LogP contribution in [0.4, 0.5) is 5.82 Å². The molecule has 2 aromatic rings. The number of halogens is 1. The second-order valence-corrected chi connectivity index (χ2v) is 5.03. The zero-order valence-corrected chi connectivity index (χ0v) is 12.5. The van der Waals surface area contributed by atoms with Gasteiger partial charge in [0, 0.05) is 23.5 Å². The molecule has 102 valence electrons. The first-order valence-electron chi connectivity index (χ1n) is 6.13. The Morgan fingerprint density at radius 1 is 1.53 bits per heavy atom. The van der Waals surface area contributed by atoms with E-state index in [0.717, 1.165) is 21.2 Å². The van der Waals surface area contributed by atoms with E-state index in [0.29, 0.717) is 19.6 Å². The van der Waals surface area contributed by atoms with Gasteiger partial charge in [-0.05, 0) is 25.1 Å². The van der Waals surface area contributed by atoms with Crippen molar-refractivity contribution in [2.75, 3.05) is 18.5 Å². The number of anilines is 1. The molecule has 0 atom stereocenters. The second-order valence-electron chi connectivity index (χ2n) is 4.12. The molecule has 0 aliphatic heterocycles. The van der Waals surface area contributed by atoms with Crippen LogP contribution in [0.2, 0.25) is 0 Å². The number of esters is 1. The van der Waals surface area contributed by atoms with E-state index >= 15 is 0 Å². The van der Waals surface area contributed by atoms with Crippen molar-refractivity contribution in [3.63, 3.8) is 0 Å². The molecular formula is C13H16BrN3O2. The summed E-state index contributed by atoms with van der Waals surface area (Å²) in [5.41, 5.74) is 1.04. The maximum atomic E-state index is 11.3. The largest absolute Gasteiger partial charge is 0.466 e. The van der Waals surface area contributed by atoms with Gasteiger partial charge in [-0.25, -0.2) is 0 Å². The molecule has 0 spiro atoms. The Morgan fingerprint density at radius 2 is 2.32 bits per heavy atom.